The first-order valence-electron chi connectivity index (χ1n) is 5.28. The molecule has 0 saturated carbocycles. The first-order chi connectivity index (χ1) is 6.25. The third-order valence-electron chi connectivity index (χ3n) is 3.20. The Labute approximate surface area is 80.4 Å². The normalized spacial score (nSPS) is 37.4. The SMILES string of the molecule is CC1CN(C)CCC1NC1COC1. The third kappa shape index (κ3) is 2.22. The van der Waals surface area contributed by atoms with Crippen molar-refractivity contribution < 1.29 is 4.74 Å². The van der Waals surface area contributed by atoms with Crippen LogP contribution in [0.4, 0.5) is 0 Å². The summed E-state index contributed by atoms with van der Waals surface area (Å²) in [5.41, 5.74) is 0. The standard InChI is InChI=1S/C10H20N2O/c1-8-5-12(2)4-3-10(8)11-9-6-13-7-9/h8-11H,3-7H2,1-2H3. The highest BCUT2D eigenvalue weighted by Crippen LogP contribution is 2.17. The van der Waals surface area contributed by atoms with Gasteiger partial charge in [0, 0.05) is 12.6 Å². The number of likely N-dealkylation sites (tertiary alicyclic amines) is 1. The summed E-state index contributed by atoms with van der Waals surface area (Å²) in [7, 11) is 2.21. The van der Waals surface area contributed by atoms with Crippen molar-refractivity contribution >= 4 is 0 Å². The van der Waals surface area contributed by atoms with Crippen molar-refractivity contribution in [2.24, 2.45) is 5.92 Å². The average molecular weight is 184 g/mol. The summed E-state index contributed by atoms with van der Waals surface area (Å²) in [5, 5.41) is 3.67. The first-order valence-corrected chi connectivity index (χ1v) is 5.28. The molecule has 2 rings (SSSR count). The molecule has 2 saturated heterocycles. The number of nitrogens with zero attached hydrogens (tertiary/aromatic N) is 1. The molecule has 0 aromatic carbocycles. The maximum Gasteiger partial charge on any atom is 0.0643 e. The Morgan fingerprint density at radius 3 is 2.69 bits per heavy atom. The van der Waals surface area contributed by atoms with Crippen LogP contribution < -0.4 is 5.32 Å². The molecule has 2 aliphatic rings. The van der Waals surface area contributed by atoms with Gasteiger partial charge in [-0.15, -0.1) is 0 Å². The molecule has 1 N–H and O–H groups in total. The van der Waals surface area contributed by atoms with Gasteiger partial charge in [0.1, 0.15) is 0 Å². The highest BCUT2D eigenvalue weighted by Gasteiger charge is 2.28. The largest absolute Gasteiger partial charge is 0.378 e. The van der Waals surface area contributed by atoms with Crippen LogP contribution in [0.1, 0.15) is 13.3 Å². The van der Waals surface area contributed by atoms with Gasteiger partial charge in [-0.1, -0.05) is 6.92 Å². The van der Waals surface area contributed by atoms with Crippen molar-refractivity contribution in [3.05, 3.63) is 0 Å². The van der Waals surface area contributed by atoms with Gasteiger partial charge in [-0.25, -0.2) is 0 Å². The fraction of sp³-hybridized carbons (Fsp3) is 1.00. The Hall–Kier alpha value is -0.120. The van der Waals surface area contributed by atoms with E-state index in [9.17, 15) is 0 Å². The second kappa shape index (κ2) is 3.95. The van der Waals surface area contributed by atoms with Gasteiger partial charge in [0.05, 0.1) is 19.3 Å². The number of piperidine rings is 1. The number of hydrogen-bond donors (Lipinski definition) is 1. The minimum atomic E-state index is 0.635. The molecule has 0 aliphatic carbocycles. The van der Waals surface area contributed by atoms with Crippen molar-refractivity contribution in [1.29, 1.82) is 0 Å². The molecule has 2 heterocycles. The molecule has 0 aromatic heterocycles. The van der Waals surface area contributed by atoms with Crippen molar-refractivity contribution in [2.75, 3.05) is 33.4 Å². The van der Waals surface area contributed by atoms with Crippen molar-refractivity contribution in [2.45, 2.75) is 25.4 Å². The molecule has 0 spiro atoms. The van der Waals surface area contributed by atoms with E-state index in [1.807, 2.05) is 0 Å². The molecule has 2 unspecified atom stereocenters. The summed E-state index contributed by atoms with van der Waals surface area (Å²) < 4.78 is 5.16. The van der Waals surface area contributed by atoms with E-state index in [4.69, 9.17) is 4.74 Å². The van der Waals surface area contributed by atoms with Crippen LogP contribution in [0.3, 0.4) is 0 Å². The Morgan fingerprint density at radius 2 is 2.15 bits per heavy atom. The van der Waals surface area contributed by atoms with Crippen LogP contribution in [0, 0.1) is 5.92 Å². The van der Waals surface area contributed by atoms with Gasteiger partial charge in [-0.05, 0) is 25.9 Å². The van der Waals surface area contributed by atoms with Crippen molar-refractivity contribution in [3.63, 3.8) is 0 Å². The quantitative estimate of drug-likeness (QED) is 0.668. The second-order valence-electron chi connectivity index (χ2n) is 4.54. The average Bonchev–Trinajstić information content (AvgIpc) is 1.99. The number of ether oxygens (including phenoxy) is 1. The Balaban J connectivity index is 1.77. The predicted molar refractivity (Wildman–Crippen MR) is 52.8 cm³/mol. The van der Waals surface area contributed by atoms with E-state index < -0.39 is 0 Å². The molecular weight excluding hydrogens is 164 g/mol. The van der Waals surface area contributed by atoms with Crippen LogP contribution in [0.15, 0.2) is 0 Å². The van der Waals surface area contributed by atoms with Crippen molar-refractivity contribution in [1.82, 2.24) is 10.2 Å². The summed E-state index contributed by atoms with van der Waals surface area (Å²) in [6, 6.07) is 1.35. The maximum absolute atomic E-state index is 5.16. The fourth-order valence-electron chi connectivity index (χ4n) is 2.24. The van der Waals surface area contributed by atoms with Gasteiger partial charge in [0.2, 0.25) is 0 Å². The van der Waals surface area contributed by atoms with Gasteiger partial charge < -0.3 is 15.0 Å². The van der Waals surface area contributed by atoms with E-state index in [1.54, 1.807) is 0 Å². The van der Waals surface area contributed by atoms with Crippen LogP contribution in [0.2, 0.25) is 0 Å². The molecule has 0 bridgehead atoms. The lowest BCUT2D eigenvalue weighted by molar-refractivity contribution is -0.0172. The zero-order valence-electron chi connectivity index (χ0n) is 8.62. The molecule has 2 atom stereocenters. The van der Waals surface area contributed by atoms with Gasteiger partial charge in [-0.2, -0.15) is 0 Å². The summed E-state index contributed by atoms with van der Waals surface area (Å²) >= 11 is 0. The first kappa shape index (κ1) is 9.44. The van der Waals surface area contributed by atoms with E-state index in [2.05, 4.69) is 24.2 Å². The van der Waals surface area contributed by atoms with Gasteiger partial charge in [0.15, 0.2) is 0 Å². The highest BCUT2D eigenvalue weighted by atomic mass is 16.5. The molecular formula is C10H20N2O. The van der Waals surface area contributed by atoms with E-state index in [-0.39, 0.29) is 0 Å². The lowest BCUT2D eigenvalue weighted by atomic mass is 9.93. The van der Waals surface area contributed by atoms with Gasteiger partial charge in [0.25, 0.3) is 0 Å². The van der Waals surface area contributed by atoms with Crippen LogP contribution in [0.25, 0.3) is 0 Å². The van der Waals surface area contributed by atoms with Crippen LogP contribution >= 0.6 is 0 Å². The zero-order valence-corrected chi connectivity index (χ0v) is 8.62. The van der Waals surface area contributed by atoms with Crippen LogP contribution in [-0.4, -0.2) is 50.3 Å². The number of rotatable bonds is 2. The Morgan fingerprint density at radius 1 is 1.38 bits per heavy atom. The second-order valence-corrected chi connectivity index (χ2v) is 4.54. The monoisotopic (exact) mass is 184 g/mol. The van der Waals surface area contributed by atoms with E-state index in [0.717, 1.165) is 19.1 Å². The number of nitrogens with one attached hydrogen (secondary N) is 1. The van der Waals surface area contributed by atoms with E-state index in [0.29, 0.717) is 12.1 Å². The Bertz CT molecular complexity index is 170. The predicted octanol–water partition coefficient (Wildman–Crippen LogP) is 0.315. The molecule has 2 aliphatic heterocycles. The van der Waals surface area contributed by atoms with Gasteiger partial charge in [-0.3, -0.25) is 0 Å². The minimum Gasteiger partial charge on any atom is -0.378 e. The molecule has 0 aromatic rings. The summed E-state index contributed by atoms with van der Waals surface area (Å²) in [4.78, 5) is 2.42. The molecule has 0 radical (unpaired) electrons. The minimum absolute atomic E-state index is 0.635. The molecule has 3 nitrogen and oxygen atoms in total. The zero-order chi connectivity index (χ0) is 9.26. The molecule has 13 heavy (non-hydrogen) atoms. The lowest BCUT2D eigenvalue weighted by Gasteiger charge is -2.39. The Kier molecular flexibility index (Phi) is 2.86. The highest BCUT2D eigenvalue weighted by molar-refractivity contribution is 4.86. The fourth-order valence-corrected chi connectivity index (χ4v) is 2.24. The lowest BCUT2D eigenvalue weighted by Crippen LogP contribution is -2.55. The van der Waals surface area contributed by atoms with E-state index >= 15 is 0 Å². The molecule has 0 amide bonds. The van der Waals surface area contributed by atoms with Gasteiger partial charge >= 0.3 is 0 Å². The summed E-state index contributed by atoms with van der Waals surface area (Å²) in [6.45, 7) is 6.63. The molecule has 3 heteroatoms. The summed E-state index contributed by atoms with van der Waals surface area (Å²) in [6.07, 6.45) is 1.29. The molecule has 2 fully saturated rings. The van der Waals surface area contributed by atoms with Crippen molar-refractivity contribution in [3.8, 4) is 0 Å². The molecule has 76 valence electrons. The summed E-state index contributed by atoms with van der Waals surface area (Å²) in [5.74, 6) is 0.777. The topological polar surface area (TPSA) is 24.5 Å². The maximum atomic E-state index is 5.16. The van der Waals surface area contributed by atoms with Crippen LogP contribution in [-0.2, 0) is 4.74 Å². The van der Waals surface area contributed by atoms with Crippen LogP contribution in [0.5, 0.6) is 0 Å². The number of hydrogen-bond acceptors (Lipinski definition) is 3. The third-order valence-corrected chi connectivity index (χ3v) is 3.20. The smallest absolute Gasteiger partial charge is 0.0643 e. The van der Waals surface area contributed by atoms with E-state index in [1.165, 1.54) is 19.5 Å².